The van der Waals surface area contributed by atoms with E-state index in [0.29, 0.717) is 0 Å². The van der Waals surface area contributed by atoms with E-state index in [1.165, 1.54) is 44.1 Å². The van der Waals surface area contributed by atoms with Gasteiger partial charge in [0.25, 0.3) is 0 Å². The maximum absolute atomic E-state index is 12.5. The molecule has 0 saturated carbocycles. The number of unbranched alkanes of at least 4 members (excludes halogenated alkanes) is 5. The zero-order valence-electron chi connectivity index (χ0n) is 14.5. The van der Waals surface area contributed by atoms with Crippen LogP contribution in [0.25, 0.3) is 0 Å². The Morgan fingerprint density at radius 2 is 1.50 bits per heavy atom. The lowest BCUT2D eigenvalue weighted by Crippen LogP contribution is -2.06. The number of alkyl halides is 1. The largest absolute Gasteiger partial charge is 0.293 e. The summed E-state index contributed by atoms with van der Waals surface area (Å²) in [6.07, 6.45) is 9.07. The Kier molecular flexibility index (Phi) is 8.24. The molecule has 0 heterocycles. The molecule has 2 heteroatoms. The highest BCUT2D eigenvalue weighted by Crippen LogP contribution is 2.27. The minimum absolute atomic E-state index is 0.110. The van der Waals surface area contributed by atoms with E-state index in [1.807, 2.05) is 30.3 Å². The fourth-order valence-corrected chi connectivity index (χ4v) is 3.43. The minimum Gasteiger partial charge on any atom is -0.293 e. The van der Waals surface area contributed by atoms with Crippen molar-refractivity contribution in [2.45, 2.75) is 56.7 Å². The van der Waals surface area contributed by atoms with Gasteiger partial charge in [-0.25, -0.2) is 0 Å². The minimum atomic E-state index is -0.275. The Bertz CT molecular complexity index is 604. The molecular weight excluding hydrogens is 360 g/mol. The van der Waals surface area contributed by atoms with Crippen molar-refractivity contribution < 1.29 is 4.79 Å². The molecule has 0 aliphatic carbocycles. The van der Waals surface area contributed by atoms with Crippen LogP contribution in [-0.2, 0) is 6.42 Å². The Hall–Kier alpha value is -1.41. The zero-order chi connectivity index (χ0) is 17.2. The van der Waals surface area contributed by atoms with Crippen LogP contribution in [0, 0.1) is 0 Å². The summed E-state index contributed by atoms with van der Waals surface area (Å²) >= 11 is 3.55. The fraction of sp³-hybridized carbons (Fsp3) is 0.409. The van der Waals surface area contributed by atoms with E-state index in [-0.39, 0.29) is 10.6 Å². The summed E-state index contributed by atoms with van der Waals surface area (Å²) in [5.41, 5.74) is 3.13. The van der Waals surface area contributed by atoms with E-state index in [1.54, 1.807) is 0 Å². The molecule has 0 fully saturated rings. The van der Waals surface area contributed by atoms with Crippen LogP contribution in [0.15, 0.2) is 54.6 Å². The van der Waals surface area contributed by atoms with Gasteiger partial charge in [-0.3, -0.25) is 4.79 Å². The number of rotatable bonds is 10. The van der Waals surface area contributed by atoms with Crippen LogP contribution in [-0.4, -0.2) is 5.78 Å². The third-order valence-corrected chi connectivity index (χ3v) is 5.32. The predicted molar refractivity (Wildman–Crippen MR) is 106 cm³/mol. The normalized spacial score (nSPS) is 12.1. The molecule has 128 valence electrons. The lowest BCUT2D eigenvalue weighted by Gasteiger charge is -2.10. The van der Waals surface area contributed by atoms with E-state index in [9.17, 15) is 4.79 Å². The SMILES string of the molecule is CCCCCCCCc1ccc(C(Br)C(=O)c2ccccc2)cc1. The third kappa shape index (κ3) is 5.90. The van der Waals surface area contributed by atoms with Gasteiger partial charge in [-0.05, 0) is 24.0 Å². The summed E-state index contributed by atoms with van der Waals surface area (Å²) in [7, 11) is 0. The first-order valence-corrected chi connectivity index (χ1v) is 9.96. The summed E-state index contributed by atoms with van der Waals surface area (Å²) in [4.78, 5) is 12.2. The molecule has 0 N–H and O–H groups in total. The van der Waals surface area contributed by atoms with Crippen molar-refractivity contribution in [3.05, 3.63) is 71.3 Å². The second-order valence-corrected chi connectivity index (χ2v) is 7.27. The quantitative estimate of drug-likeness (QED) is 0.246. The highest BCUT2D eigenvalue weighted by molar-refractivity contribution is 9.09. The molecule has 24 heavy (non-hydrogen) atoms. The standard InChI is InChI=1S/C22H27BrO/c1-2-3-4-5-6-8-11-18-14-16-19(17-15-18)21(23)22(24)20-12-9-7-10-13-20/h7,9-10,12-17,21H,2-6,8,11H2,1H3. The maximum atomic E-state index is 12.5. The zero-order valence-corrected chi connectivity index (χ0v) is 16.1. The molecule has 0 radical (unpaired) electrons. The van der Waals surface area contributed by atoms with E-state index in [2.05, 4.69) is 47.1 Å². The molecule has 0 aromatic heterocycles. The average Bonchev–Trinajstić information content (AvgIpc) is 2.64. The van der Waals surface area contributed by atoms with Crippen LogP contribution in [0.2, 0.25) is 0 Å². The summed E-state index contributed by atoms with van der Waals surface area (Å²) in [6.45, 7) is 2.25. The summed E-state index contributed by atoms with van der Waals surface area (Å²) in [5.74, 6) is 0.110. The smallest absolute Gasteiger partial charge is 0.180 e. The topological polar surface area (TPSA) is 17.1 Å². The second-order valence-electron chi connectivity index (χ2n) is 6.35. The van der Waals surface area contributed by atoms with Crippen molar-refractivity contribution in [2.24, 2.45) is 0 Å². The van der Waals surface area contributed by atoms with Gasteiger partial charge in [0.2, 0.25) is 0 Å². The number of Topliss-reactive ketones (excluding diaryl/α,β-unsaturated/α-hetero) is 1. The number of hydrogen-bond donors (Lipinski definition) is 0. The molecule has 1 atom stereocenters. The second kappa shape index (κ2) is 10.5. The van der Waals surface area contributed by atoms with Crippen molar-refractivity contribution in [3.8, 4) is 0 Å². The van der Waals surface area contributed by atoms with Gasteiger partial charge in [-0.2, -0.15) is 0 Å². The van der Waals surface area contributed by atoms with Gasteiger partial charge in [0.1, 0.15) is 4.83 Å². The molecule has 0 saturated heterocycles. The van der Waals surface area contributed by atoms with Gasteiger partial charge < -0.3 is 0 Å². The molecular formula is C22H27BrO. The van der Waals surface area contributed by atoms with E-state index < -0.39 is 0 Å². The van der Waals surface area contributed by atoms with Crippen LogP contribution in [0.5, 0.6) is 0 Å². The molecule has 1 nitrogen and oxygen atoms in total. The van der Waals surface area contributed by atoms with Crippen LogP contribution >= 0.6 is 15.9 Å². The van der Waals surface area contributed by atoms with Gasteiger partial charge >= 0.3 is 0 Å². The lowest BCUT2D eigenvalue weighted by molar-refractivity contribution is 0.0991. The monoisotopic (exact) mass is 386 g/mol. The van der Waals surface area contributed by atoms with Gasteiger partial charge in [0, 0.05) is 5.56 Å². The number of hydrogen-bond acceptors (Lipinski definition) is 1. The highest BCUT2D eigenvalue weighted by Gasteiger charge is 2.18. The molecule has 0 aliphatic heterocycles. The van der Waals surface area contributed by atoms with Gasteiger partial charge in [0.15, 0.2) is 5.78 Å². The maximum Gasteiger partial charge on any atom is 0.180 e. The number of halogens is 1. The Morgan fingerprint density at radius 3 is 2.17 bits per heavy atom. The fourth-order valence-electron chi connectivity index (χ4n) is 2.86. The number of aryl methyl sites for hydroxylation is 1. The first kappa shape index (κ1) is 18.9. The predicted octanol–water partition coefficient (Wildman–Crippen LogP) is 6.91. The summed E-state index contributed by atoms with van der Waals surface area (Å²) < 4.78 is 0. The summed E-state index contributed by atoms with van der Waals surface area (Å²) in [5, 5.41) is 0. The number of carbonyl (C=O) groups excluding carboxylic acids is 1. The molecule has 0 bridgehead atoms. The third-order valence-electron chi connectivity index (χ3n) is 4.38. The van der Waals surface area contributed by atoms with Crippen molar-refractivity contribution in [1.82, 2.24) is 0 Å². The van der Waals surface area contributed by atoms with Crippen LogP contribution in [0.3, 0.4) is 0 Å². The first-order chi connectivity index (χ1) is 11.7. The number of ketones is 1. The first-order valence-electron chi connectivity index (χ1n) is 9.04. The van der Waals surface area contributed by atoms with Crippen molar-refractivity contribution in [1.29, 1.82) is 0 Å². The molecule has 0 aliphatic rings. The average molecular weight is 387 g/mol. The highest BCUT2D eigenvalue weighted by atomic mass is 79.9. The van der Waals surface area contributed by atoms with Crippen LogP contribution in [0.4, 0.5) is 0 Å². The van der Waals surface area contributed by atoms with Crippen molar-refractivity contribution in [3.63, 3.8) is 0 Å². The van der Waals surface area contributed by atoms with E-state index in [4.69, 9.17) is 0 Å². The molecule has 2 rings (SSSR count). The molecule has 0 spiro atoms. The van der Waals surface area contributed by atoms with Crippen LogP contribution < -0.4 is 0 Å². The van der Waals surface area contributed by atoms with Gasteiger partial charge in [-0.15, -0.1) is 0 Å². The number of carbonyl (C=O) groups is 1. The van der Waals surface area contributed by atoms with E-state index in [0.717, 1.165) is 17.5 Å². The molecule has 2 aromatic carbocycles. The Balaban J connectivity index is 1.84. The molecule has 2 aromatic rings. The van der Waals surface area contributed by atoms with Crippen molar-refractivity contribution in [2.75, 3.05) is 0 Å². The lowest BCUT2D eigenvalue weighted by atomic mass is 10.00. The number of benzene rings is 2. The molecule has 0 amide bonds. The van der Waals surface area contributed by atoms with Gasteiger partial charge in [0.05, 0.1) is 0 Å². The van der Waals surface area contributed by atoms with E-state index >= 15 is 0 Å². The van der Waals surface area contributed by atoms with Gasteiger partial charge in [-0.1, -0.05) is 110 Å². The Morgan fingerprint density at radius 1 is 0.875 bits per heavy atom. The summed E-state index contributed by atoms with van der Waals surface area (Å²) in [6, 6.07) is 17.9. The van der Waals surface area contributed by atoms with Crippen molar-refractivity contribution >= 4 is 21.7 Å². The molecule has 1 unspecified atom stereocenters. The Labute approximate surface area is 154 Å². The van der Waals surface area contributed by atoms with Crippen LogP contribution in [0.1, 0.15) is 71.8 Å².